The molecule has 0 spiro atoms. The molecule has 0 saturated heterocycles. The van der Waals surface area contributed by atoms with Gasteiger partial charge in [-0.2, -0.15) is 5.26 Å². The molecule has 0 radical (unpaired) electrons. The summed E-state index contributed by atoms with van der Waals surface area (Å²) in [6.45, 7) is 4.23. The second-order valence-electron chi connectivity index (χ2n) is 5.22. The zero-order valence-corrected chi connectivity index (χ0v) is 11.3. The summed E-state index contributed by atoms with van der Waals surface area (Å²) in [7, 11) is 0. The summed E-state index contributed by atoms with van der Waals surface area (Å²) in [6.07, 6.45) is 6.40. The van der Waals surface area contributed by atoms with E-state index < -0.39 is 0 Å². The van der Waals surface area contributed by atoms with Gasteiger partial charge in [0.15, 0.2) is 0 Å². The summed E-state index contributed by atoms with van der Waals surface area (Å²) in [5.74, 6) is 1.40. The molecule has 1 aliphatic carbocycles. The highest BCUT2D eigenvalue weighted by Gasteiger charge is 2.25. The second-order valence-corrected chi connectivity index (χ2v) is 5.22. The Labute approximate surface area is 110 Å². The molecule has 1 fully saturated rings. The molecular weight excluding hydrogens is 222 g/mol. The van der Waals surface area contributed by atoms with Crippen LogP contribution in [0.15, 0.2) is 18.2 Å². The van der Waals surface area contributed by atoms with Gasteiger partial charge < -0.3 is 4.74 Å². The van der Waals surface area contributed by atoms with Gasteiger partial charge in [0.05, 0.1) is 5.56 Å². The fourth-order valence-electron chi connectivity index (χ4n) is 2.79. The van der Waals surface area contributed by atoms with Gasteiger partial charge >= 0.3 is 0 Å². The van der Waals surface area contributed by atoms with Crippen molar-refractivity contribution in [3.05, 3.63) is 29.3 Å². The minimum Gasteiger partial charge on any atom is -0.489 e. The van der Waals surface area contributed by atoms with Gasteiger partial charge in [0, 0.05) is 0 Å². The van der Waals surface area contributed by atoms with E-state index in [0.717, 1.165) is 17.7 Å². The Hall–Kier alpha value is -1.49. The minimum absolute atomic E-state index is 0.290. The number of rotatable bonds is 3. The molecule has 1 saturated carbocycles. The first-order valence-corrected chi connectivity index (χ1v) is 6.92. The fraction of sp³-hybridized carbons (Fsp3) is 0.562. The van der Waals surface area contributed by atoms with Crippen LogP contribution in [0.5, 0.6) is 5.75 Å². The largest absolute Gasteiger partial charge is 0.489 e. The highest BCUT2D eigenvalue weighted by Crippen LogP contribution is 2.31. The number of hydrogen-bond donors (Lipinski definition) is 0. The molecule has 0 amide bonds. The highest BCUT2D eigenvalue weighted by atomic mass is 16.5. The SMILES string of the molecule is CCC1CCCCC1Oc1ccc(C)cc1C#N. The van der Waals surface area contributed by atoms with Crippen molar-refractivity contribution in [2.24, 2.45) is 5.92 Å². The van der Waals surface area contributed by atoms with Crippen molar-refractivity contribution in [2.45, 2.75) is 52.1 Å². The number of aryl methyl sites for hydroxylation is 1. The van der Waals surface area contributed by atoms with Crippen molar-refractivity contribution >= 4 is 0 Å². The average molecular weight is 243 g/mol. The number of hydrogen-bond acceptors (Lipinski definition) is 2. The van der Waals surface area contributed by atoms with Crippen molar-refractivity contribution in [3.8, 4) is 11.8 Å². The first-order chi connectivity index (χ1) is 8.74. The topological polar surface area (TPSA) is 33.0 Å². The Kier molecular flexibility index (Phi) is 4.25. The van der Waals surface area contributed by atoms with Crippen molar-refractivity contribution in [2.75, 3.05) is 0 Å². The van der Waals surface area contributed by atoms with Crippen molar-refractivity contribution < 1.29 is 4.74 Å². The highest BCUT2D eigenvalue weighted by molar-refractivity contribution is 5.45. The third kappa shape index (κ3) is 2.85. The van der Waals surface area contributed by atoms with Gasteiger partial charge in [-0.25, -0.2) is 0 Å². The van der Waals surface area contributed by atoms with Crippen LogP contribution in [-0.2, 0) is 0 Å². The van der Waals surface area contributed by atoms with E-state index in [1.54, 1.807) is 0 Å². The van der Waals surface area contributed by atoms with Crippen LogP contribution in [0.1, 0.15) is 50.2 Å². The Bertz CT molecular complexity index is 447. The quantitative estimate of drug-likeness (QED) is 0.796. The van der Waals surface area contributed by atoms with Gasteiger partial charge in [0.2, 0.25) is 0 Å². The van der Waals surface area contributed by atoms with Crippen LogP contribution in [0.3, 0.4) is 0 Å². The molecule has 0 heterocycles. The predicted molar refractivity (Wildman–Crippen MR) is 72.6 cm³/mol. The number of nitrogens with zero attached hydrogens (tertiary/aromatic N) is 1. The van der Waals surface area contributed by atoms with Crippen LogP contribution in [0.2, 0.25) is 0 Å². The summed E-state index contributed by atoms with van der Waals surface area (Å²) in [6, 6.07) is 8.09. The third-order valence-electron chi connectivity index (χ3n) is 3.90. The Morgan fingerprint density at radius 3 is 2.83 bits per heavy atom. The van der Waals surface area contributed by atoms with E-state index in [4.69, 9.17) is 10.00 Å². The molecule has 1 aliphatic rings. The molecule has 1 aromatic rings. The van der Waals surface area contributed by atoms with Crippen LogP contribution >= 0.6 is 0 Å². The van der Waals surface area contributed by atoms with Gasteiger partial charge in [-0.1, -0.05) is 19.4 Å². The molecule has 0 aliphatic heterocycles. The molecular formula is C16H21NO. The number of ether oxygens (including phenoxy) is 1. The van der Waals surface area contributed by atoms with E-state index in [1.165, 1.54) is 25.7 Å². The maximum Gasteiger partial charge on any atom is 0.137 e. The Balaban J connectivity index is 2.15. The zero-order valence-electron chi connectivity index (χ0n) is 11.3. The van der Waals surface area contributed by atoms with E-state index in [2.05, 4.69) is 13.0 Å². The maximum atomic E-state index is 9.17. The predicted octanol–water partition coefficient (Wildman–Crippen LogP) is 4.21. The lowest BCUT2D eigenvalue weighted by atomic mass is 9.84. The Morgan fingerprint density at radius 2 is 2.11 bits per heavy atom. The van der Waals surface area contributed by atoms with Gasteiger partial charge in [0.1, 0.15) is 17.9 Å². The van der Waals surface area contributed by atoms with Crippen molar-refractivity contribution in [1.29, 1.82) is 5.26 Å². The molecule has 2 nitrogen and oxygen atoms in total. The van der Waals surface area contributed by atoms with E-state index in [-0.39, 0.29) is 0 Å². The molecule has 2 rings (SSSR count). The Morgan fingerprint density at radius 1 is 1.33 bits per heavy atom. The number of nitriles is 1. The number of benzene rings is 1. The van der Waals surface area contributed by atoms with Gasteiger partial charge in [-0.15, -0.1) is 0 Å². The lowest BCUT2D eigenvalue weighted by Crippen LogP contribution is -2.30. The monoisotopic (exact) mass is 243 g/mol. The van der Waals surface area contributed by atoms with Crippen LogP contribution in [0, 0.1) is 24.2 Å². The van der Waals surface area contributed by atoms with E-state index >= 15 is 0 Å². The van der Waals surface area contributed by atoms with Gasteiger partial charge in [-0.05, 0) is 56.2 Å². The summed E-state index contributed by atoms with van der Waals surface area (Å²) in [4.78, 5) is 0. The average Bonchev–Trinajstić information content (AvgIpc) is 2.41. The summed E-state index contributed by atoms with van der Waals surface area (Å²) in [5, 5.41) is 9.17. The van der Waals surface area contributed by atoms with Crippen LogP contribution in [-0.4, -0.2) is 6.10 Å². The normalized spacial score (nSPS) is 23.4. The summed E-state index contributed by atoms with van der Waals surface area (Å²) in [5.41, 5.74) is 1.77. The third-order valence-corrected chi connectivity index (χ3v) is 3.90. The smallest absolute Gasteiger partial charge is 0.137 e. The van der Waals surface area contributed by atoms with Crippen LogP contribution in [0.25, 0.3) is 0 Å². The molecule has 1 aromatic carbocycles. The first kappa shape index (κ1) is 13.0. The molecule has 0 N–H and O–H groups in total. The lowest BCUT2D eigenvalue weighted by Gasteiger charge is -2.31. The van der Waals surface area contributed by atoms with Gasteiger partial charge in [0.25, 0.3) is 0 Å². The molecule has 2 heteroatoms. The lowest BCUT2D eigenvalue weighted by molar-refractivity contribution is 0.0901. The molecule has 0 aromatic heterocycles. The second kappa shape index (κ2) is 5.91. The van der Waals surface area contributed by atoms with Gasteiger partial charge in [-0.3, -0.25) is 0 Å². The molecule has 2 unspecified atom stereocenters. The van der Waals surface area contributed by atoms with Crippen LogP contribution < -0.4 is 4.74 Å². The first-order valence-electron chi connectivity index (χ1n) is 6.92. The van der Waals surface area contributed by atoms with E-state index in [1.807, 2.05) is 25.1 Å². The fourth-order valence-corrected chi connectivity index (χ4v) is 2.79. The van der Waals surface area contributed by atoms with Crippen LogP contribution in [0.4, 0.5) is 0 Å². The summed E-state index contributed by atoms with van der Waals surface area (Å²) < 4.78 is 6.11. The van der Waals surface area contributed by atoms with Crippen molar-refractivity contribution in [3.63, 3.8) is 0 Å². The summed E-state index contributed by atoms with van der Waals surface area (Å²) >= 11 is 0. The van der Waals surface area contributed by atoms with E-state index in [0.29, 0.717) is 17.6 Å². The molecule has 18 heavy (non-hydrogen) atoms. The zero-order chi connectivity index (χ0) is 13.0. The van der Waals surface area contributed by atoms with Crippen molar-refractivity contribution in [1.82, 2.24) is 0 Å². The molecule has 0 bridgehead atoms. The molecule has 96 valence electrons. The molecule has 2 atom stereocenters. The van der Waals surface area contributed by atoms with E-state index in [9.17, 15) is 0 Å². The maximum absolute atomic E-state index is 9.17. The minimum atomic E-state index is 0.290. The standard InChI is InChI=1S/C16H21NO/c1-3-13-6-4-5-7-15(13)18-16-9-8-12(2)10-14(16)11-17/h8-10,13,15H,3-7H2,1-2H3.